The standard InChI is InChI=1S/C29H38N4O4/c1-37-31-25(11-12-27(34)35)28-29(36)33(26-8-3-2-7-24(26)30-28)23-16-20-9-10-21(17-23)32(20)22-14-18-5-4-6-19(13-18)15-22/h2-3,7-8,18-23H,4-6,9-17H2,1H3,(H,34,35)/b31-25+. The van der Waals surface area contributed by atoms with Gasteiger partial charge in [-0.15, -0.1) is 0 Å². The molecule has 1 N–H and O–H groups in total. The maximum atomic E-state index is 14.0. The van der Waals surface area contributed by atoms with Crippen molar-refractivity contribution < 1.29 is 14.7 Å². The highest BCUT2D eigenvalue weighted by Crippen LogP contribution is 2.48. The minimum Gasteiger partial charge on any atom is -0.481 e. The largest absolute Gasteiger partial charge is 0.481 e. The highest BCUT2D eigenvalue weighted by Gasteiger charge is 2.47. The van der Waals surface area contributed by atoms with E-state index in [-0.39, 0.29) is 30.1 Å². The van der Waals surface area contributed by atoms with Crippen LogP contribution in [0.25, 0.3) is 11.0 Å². The minimum absolute atomic E-state index is 0.0947. The van der Waals surface area contributed by atoms with Crippen LogP contribution in [-0.2, 0) is 9.63 Å². The number of rotatable bonds is 7. The van der Waals surface area contributed by atoms with Crippen molar-refractivity contribution in [1.29, 1.82) is 0 Å². The van der Waals surface area contributed by atoms with E-state index in [0.717, 1.165) is 35.7 Å². The normalized spacial score (nSPS) is 32.0. The fourth-order valence-corrected chi connectivity index (χ4v) is 8.18. The summed E-state index contributed by atoms with van der Waals surface area (Å²) in [7, 11) is 1.41. The first-order valence-corrected chi connectivity index (χ1v) is 14.1. The van der Waals surface area contributed by atoms with Crippen LogP contribution in [0, 0.1) is 11.8 Å². The average Bonchev–Trinajstić information content (AvgIpc) is 3.15. The number of piperidine rings is 1. The first-order valence-electron chi connectivity index (χ1n) is 14.1. The Morgan fingerprint density at radius 2 is 1.68 bits per heavy atom. The molecule has 2 aromatic rings. The van der Waals surface area contributed by atoms with Crippen LogP contribution in [0.3, 0.4) is 0 Å². The van der Waals surface area contributed by atoms with Crippen LogP contribution in [0.2, 0.25) is 0 Å². The van der Waals surface area contributed by atoms with Crippen molar-refractivity contribution in [2.24, 2.45) is 17.0 Å². The Morgan fingerprint density at radius 1 is 0.973 bits per heavy atom. The quantitative estimate of drug-likeness (QED) is 0.430. The average molecular weight is 507 g/mol. The van der Waals surface area contributed by atoms with E-state index in [9.17, 15) is 14.7 Å². The topological polar surface area (TPSA) is 97.0 Å². The van der Waals surface area contributed by atoms with Crippen LogP contribution in [0.15, 0.2) is 34.2 Å². The molecule has 1 aromatic carbocycles. The molecule has 8 nitrogen and oxygen atoms in total. The number of aromatic nitrogens is 2. The molecule has 3 heterocycles. The Balaban J connectivity index is 1.33. The van der Waals surface area contributed by atoms with Crippen molar-refractivity contribution in [1.82, 2.24) is 14.5 Å². The third-order valence-electron chi connectivity index (χ3n) is 9.50. The van der Waals surface area contributed by atoms with Crippen molar-refractivity contribution in [2.75, 3.05) is 7.11 Å². The van der Waals surface area contributed by atoms with Crippen LogP contribution in [-0.4, -0.2) is 56.5 Å². The van der Waals surface area contributed by atoms with E-state index in [4.69, 9.17) is 4.84 Å². The van der Waals surface area contributed by atoms with Crippen molar-refractivity contribution in [3.63, 3.8) is 0 Å². The van der Waals surface area contributed by atoms with E-state index >= 15 is 0 Å². The van der Waals surface area contributed by atoms with Gasteiger partial charge in [-0.1, -0.05) is 36.6 Å². The van der Waals surface area contributed by atoms with Gasteiger partial charge in [-0.2, -0.15) is 0 Å². The molecule has 8 heteroatoms. The third-order valence-corrected chi connectivity index (χ3v) is 9.50. The summed E-state index contributed by atoms with van der Waals surface area (Å²) < 4.78 is 1.95. The summed E-state index contributed by atoms with van der Waals surface area (Å²) in [4.78, 5) is 37.8. The Kier molecular flexibility index (Phi) is 6.78. The lowest BCUT2D eigenvalue weighted by Gasteiger charge is -2.49. The number of carboxylic acid groups (broad SMARTS) is 1. The number of nitrogens with zero attached hydrogens (tertiary/aromatic N) is 4. The van der Waals surface area contributed by atoms with Gasteiger partial charge in [0.1, 0.15) is 12.8 Å². The van der Waals surface area contributed by atoms with E-state index in [1.807, 2.05) is 28.8 Å². The van der Waals surface area contributed by atoms with Gasteiger partial charge in [0.05, 0.1) is 17.5 Å². The zero-order chi connectivity index (χ0) is 25.5. The summed E-state index contributed by atoms with van der Waals surface area (Å²) in [5.41, 5.74) is 1.88. The number of fused-ring (bicyclic) bond motifs is 5. The molecule has 2 saturated carbocycles. The highest BCUT2D eigenvalue weighted by atomic mass is 16.6. The Bertz CT molecular complexity index is 1230. The lowest BCUT2D eigenvalue weighted by molar-refractivity contribution is -0.136. The lowest BCUT2D eigenvalue weighted by atomic mass is 9.69. The van der Waals surface area contributed by atoms with Crippen LogP contribution < -0.4 is 5.56 Å². The zero-order valence-electron chi connectivity index (χ0n) is 21.7. The molecular formula is C29H38N4O4. The first-order chi connectivity index (χ1) is 18.0. The lowest BCUT2D eigenvalue weighted by Crippen LogP contribution is -2.52. The summed E-state index contributed by atoms with van der Waals surface area (Å²) in [6.07, 6.45) is 12.7. The SMILES string of the molecule is CO/N=C(\CCC(=O)O)c1nc2ccccc2n(C2CC3CCC(C2)N3C2CC3CCCC(C3)C2)c1=O. The predicted octanol–water partition coefficient (Wildman–Crippen LogP) is 4.75. The van der Waals surface area contributed by atoms with Crippen LogP contribution >= 0.6 is 0 Å². The van der Waals surface area contributed by atoms with Gasteiger partial charge in [0.15, 0.2) is 5.69 Å². The smallest absolute Gasteiger partial charge is 0.303 e. The molecule has 37 heavy (non-hydrogen) atoms. The van der Waals surface area contributed by atoms with Crippen molar-refractivity contribution in [2.45, 2.75) is 101 Å². The molecule has 4 aliphatic rings. The number of hydrogen-bond acceptors (Lipinski definition) is 6. The highest BCUT2D eigenvalue weighted by molar-refractivity contribution is 6.00. The summed E-state index contributed by atoms with van der Waals surface area (Å²) in [6.45, 7) is 0. The number of benzene rings is 1. The molecule has 2 aliphatic carbocycles. The fourth-order valence-electron chi connectivity index (χ4n) is 8.18. The summed E-state index contributed by atoms with van der Waals surface area (Å²) in [6, 6.07) is 9.63. The summed E-state index contributed by atoms with van der Waals surface area (Å²) in [5.74, 6) is 0.877. The van der Waals surface area contributed by atoms with Crippen LogP contribution in [0.4, 0.5) is 0 Å². The van der Waals surface area contributed by atoms with Gasteiger partial charge in [0, 0.05) is 30.6 Å². The molecule has 2 saturated heterocycles. The molecule has 198 valence electrons. The second-order valence-electron chi connectivity index (χ2n) is 11.7. The van der Waals surface area contributed by atoms with Crippen LogP contribution in [0.1, 0.15) is 88.8 Å². The summed E-state index contributed by atoms with van der Waals surface area (Å²) >= 11 is 0. The van der Waals surface area contributed by atoms with E-state index in [2.05, 4.69) is 15.0 Å². The Morgan fingerprint density at radius 3 is 2.35 bits per heavy atom. The Hall–Kier alpha value is -2.74. The van der Waals surface area contributed by atoms with Gasteiger partial charge >= 0.3 is 5.97 Å². The number of hydrogen-bond donors (Lipinski definition) is 1. The number of para-hydroxylation sites is 2. The maximum Gasteiger partial charge on any atom is 0.303 e. The van der Waals surface area contributed by atoms with Gasteiger partial charge in [-0.3, -0.25) is 14.5 Å². The van der Waals surface area contributed by atoms with Crippen molar-refractivity contribution >= 4 is 22.7 Å². The van der Waals surface area contributed by atoms with Crippen LogP contribution in [0.5, 0.6) is 0 Å². The molecule has 0 amide bonds. The minimum atomic E-state index is -0.944. The van der Waals surface area contributed by atoms with Gasteiger partial charge in [0.2, 0.25) is 0 Å². The monoisotopic (exact) mass is 506 g/mol. The molecular weight excluding hydrogens is 468 g/mol. The van der Waals surface area contributed by atoms with Gasteiger partial charge < -0.3 is 14.5 Å². The second kappa shape index (κ2) is 10.2. The molecule has 2 aliphatic heterocycles. The number of carboxylic acids is 1. The molecule has 4 fully saturated rings. The van der Waals surface area contributed by atoms with Gasteiger partial charge in [-0.25, -0.2) is 4.98 Å². The van der Waals surface area contributed by atoms with Gasteiger partial charge in [-0.05, 0) is 68.9 Å². The van der Waals surface area contributed by atoms with E-state index in [1.165, 1.54) is 58.5 Å². The summed E-state index contributed by atoms with van der Waals surface area (Å²) in [5, 5.41) is 13.3. The fraction of sp³-hybridized carbons (Fsp3) is 0.655. The molecule has 4 atom stereocenters. The number of aliphatic carboxylic acids is 1. The van der Waals surface area contributed by atoms with Gasteiger partial charge in [0.25, 0.3) is 5.56 Å². The van der Waals surface area contributed by atoms with Crippen molar-refractivity contribution in [3.8, 4) is 0 Å². The Labute approximate surface area is 217 Å². The molecule has 0 spiro atoms. The number of carbonyl (C=O) groups is 1. The third kappa shape index (κ3) is 4.69. The molecule has 4 bridgehead atoms. The second-order valence-corrected chi connectivity index (χ2v) is 11.7. The van der Waals surface area contributed by atoms with E-state index < -0.39 is 5.97 Å². The van der Waals surface area contributed by atoms with E-state index in [0.29, 0.717) is 23.8 Å². The molecule has 6 rings (SSSR count). The predicted molar refractivity (Wildman–Crippen MR) is 142 cm³/mol. The number of oxime groups is 1. The van der Waals surface area contributed by atoms with E-state index in [1.54, 1.807) is 0 Å². The molecule has 0 radical (unpaired) electrons. The first kappa shape index (κ1) is 24.6. The van der Waals surface area contributed by atoms with Crippen molar-refractivity contribution in [3.05, 3.63) is 40.3 Å². The molecule has 4 unspecified atom stereocenters. The zero-order valence-corrected chi connectivity index (χ0v) is 21.7. The molecule has 1 aromatic heterocycles. The maximum absolute atomic E-state index is 14.0.